The van der Waals surface area contributed by atoms with Gasteiger partial charge < -0.3 is 18.9 Å². The maximum absolute atomic E-state index is 12.7. The van der Waals surface area contributed by atoms with Gasteiger partial charge in [-0.3, -0.25) is 0 Å². The Kier molecular flexibility index (Phi) is 6.64. The third kappa shape index (κ3) is 4.92. The molecule has 1 unspecified atom stereocenters. The van der Waals surface area contributed by atoms with Crippen LogP contribution < -0.4 is 18.9 Å². The quantitative estimate of drug-likeness (QED) is 0.454. The van der Waals surface area contributed by atoms with Crippen LogP contribution in [-0.2, 0) is 23.1 Å². The van der Waals surface area contributed by atoms with E-state index < -0.39 is 16.1 Å². The van der Waals surface area contributed by atoms with E-state index in [1.54, 1.807) is 7.11 Å². The summed E-state index contributed by atoms with van der Waals surface area (Å²) >= 11 is 0. The third-order valence-corrected chi connectivity index (χ3v) is 7.80. The fraction of sp³-hybridized carbons (Fsp3) is 0.286. The molecule has 3 aromatic rings. The predicted molar refractivity (Wildman–Crippen MR) is 138 cm³/mol. The van der Waals surface area contributed by atoms with E-state index in [-0.39, 0.29) is 6.79 Å². The highest BCUT2D eigenvalue weighted by Crippen LogP contribution is 2.41. The molecule has 0 fully saturated rings. The van der Waals surface area contributed by atoms with Crippen molar-refractivity contribution in [2.45, 2.75) is 26.0 Å². The molecule has 0 radical (unpaired) electrons. The van der Waals surface area contributed by atoms with Crippen molar-refractivity contribution in [2.24, 2.45) is 0 Å². The number of rotatable bonds is 7. The highest BCUT2D eigenvalue weighted by molar-refractivity contribution is 7.88. The molecule has 2 aliphatic rings. The van der Waals surface area contributed by atoms with Crippen LogP contribution in [0, 0.1) is 6.92 Å². The summed E-state index contributed by atoms with van der Waals surface area (Å²) < 4.78 is 49.7. The molecule has 2 heterocycles. The summed E-state index contributed by atoms with van der Waals surface area (Å²) in [7, 11) is -1.86. The molecular weight excluding hydrogens is 478 g/mol. The van der Waals surface area contributed by atoms with Gasteiger partial charge in [0.05, 0.1) is 19.4 Å². The fourth-order valence-corrected chi connectivity index (χ4v) is 5.67. The second-order valence-corrected chi connectivity index (χ2v) is 10.9. The van der Waals surface area contributed by atoms with Gasteiger partial charge in [-0.1, -0.05) is 42.5 Å². The highest BCUT2D eigenvalue weighted by Gasteiger charge is 2.33. The minimum absolute atomic E-state index is 0.203. The Labute approximate surface area is 211 Å². The number of sulfonamides is 1. The van der Waals surface area contributed by atoms with Crippen LogP contribution in [0.1, 0.15) is 33.9 Å². The summed E-state index contributed by atoms with van der Waals surface area (Å²) in [5, 5.41) is 0. The van der Waals surface area contributed by atoms with Crippen LogP contribution in [0.4, 0.5) is 0 Å². The Morgan fingerprint density at radius 2 is 1.81 bits per heavy atom. The normalized spacial score (nSPS) is 17.2. The predicted octanol–water partition coefficient (Wildman–Crippen LogP) is 4.88. The molecule has 0 spiro atoms. The third-order valence-electron chi connectivity index (χ3n) is 6.54. The molecule has 3 aromatic carbocycles. The van der Waals surface area contributed by atoms with Crippen LogP contribution in [0.5, 0.6) is 23.0 Å². The van der Waals surface area contributed by atoms with E-state index in [1.807, 2.05) is 73.7 Å². The van der Waals surface area contributed by atoms with Gasteiger partial charge in [0.1, 0.15) is 6.61 Å². The molecule has 0 aliphatic carbocycles. The molecule has 0 amide bonds. The van der Waals surface area contributed by atoms with Crippen molar-refractivity contribution in [3.05, 3.63) is 88.5 Å². The van der Waals surface area contributed by atoms with Gasteiger partial charge in [0.15, 0.2) is 23.0 Å². The summed E-state index contributed by atoms with van der Waals surface area (Å²) in [6, 6.07) is 17.2. The molecule has 1 atom stereocenters. The average molecular weight is 508 g/mol. The van der Waals surface area contributed by atoms with Gasteiger partial charge in [0.2, 0.25) is 16.8 Å². The Morgan fingerprint density at radius 3 is 2.53 bits per heavy atom. The van der Waals surface area contributed by atoms with E-state index in [0.717, 1.165) is 33.6 Å². The van der Waals surface area contributed by atoms with Gasteiger partial charge in [0.25, 0.3) is 0 Å². The van der Waals surface area contributed by atoms with Crippen molar-refractivity contribution >= 4 is 16.1 Å². The van der Waals surface area contributed by atoms with Gasteiger partial charge in [-0.15, -0.1) is 0 Å². The van der Waals surface area contributed by atoms with Crippen LogP contribution in [0.15, 0.2) is 60.7 Å². The first-order valence-corrected chi connectivity index (χ1v) is 13.6. The Bertz CT molecular complexity index is 1400. The van der Waals surface area contributed by atoms with Gasteiger partial charge in [-0.05, 0) is 65.4 Å². The summed E-state index contributed by atoms with van der Waals surface area (Å²) in [5.41, 5.74) is 4.93. The molecule has 0 N–H and O–H groups in total. The molecule has 8 heteroatoms. The zero-order valence-electron chi connectivity index (χ0n) is 20.6. The Hall–Kier alpha value is -3.49. The van der Waals surface area contributed by atoms with Crippen molar-refractivity contribution in [2.75, 3.05) is 26.7 Å². The molecule has 0 bridgehead atoms. The maximum Gasteiger partial charge on any atom is 0.231 e. The SMILES string of the molecule is COc1cc2c(cc1OCc1ccccc1)CCN(S(C)(=O)=O)C2/C=C/c1cc2c(cc1C)OCO2. The van der Waals surface area contributed by atoms with Gasteiger partial charge in [-0.2, -0.15) is 4.31 Å². The van der Waals surface area contributed by atoms with Crippen LogP contribution in [-0.4, -0.2) is 39.4 Å². The van der Waals surface area contributed by atoms with Crippen LogP contribution in [0.25, 0.3) is 6.08 Å². The standard InChI is InChI=1S/C28H29NO6S/c1-19-13-26-28(35-18-34-26)14-21(19)9-10-24-23-16-25(32-2)27(33-17-20-7-5-4-6-8-20)15-22(23)11-12-29(24)36(3,30)31/h4-10,13-16,24H,11-12,17-18H2,1-3H3/b10-9+. The summed E-state index contributed by atoms with van der Waals surface area (Å²) in [6.45, 7) is 2.99. The van der Waals surface area contributed by atoms with E-state index in [9.17, 15) is 8.42 Å². The van der Waals surface area contributed by atoms with Crippen LogP contribution in [0.2, 0.25) is 0 Å². The lowest BCUT2D eigenvalue weighted by molar-refractivity contribution is 0.174. The van der Waals surface area contributed by atoms with E-state index in [0.29, 0.717) is 36.8 Å². The van der Waals surface area contributed by atoms with Crippen molar-refractivity contribution in [3.63, 3.8) is 0 Å². The van der Waals surface area contributed by atoms with Crippen LogP contribution >= 0.6 is 0 Å². The lowest BCUT2D eigenvalue weighted by Crippen LogP contribution is -2.38. The number of aryl methyl sites for hydroxylation is 1. The van der Waals surface area contributed by atoms with E-state index in [2.05, 4.69) is 0 Å². The molecule has 0 saturated carbocycles. The Morgan fingerprint density at radius 1 is 1.06 bits per heavy atom. The summed E-state index contributed by atoms with van der Waals surface area (Å²) in [5.74, 6) is 2.62. The number of methoxy groups -OCH3 is 1. The molecule has 5 rings (SSSR count). The van der Waals surface area contributed by atoms with Crippen molar-refractivity contribution in [1.82, 2.24) is 4.31 Å². The lowest BCUT2D eigenvalue weighted by atomic mass is 9.92. The molecule has 0 aromatic heterocycles. The van der Waals surface area contributed by atoms with Crippen molar-refractivity contribution < 1.29 is 27.4 Å². The number of ether oxygens (including phenoxy) is 4. The number of fused-ring (bicyclic) bond motifs is 2. The first-order valence-electron chi connectivity index (χ1n) is 11.8. The minimum Gasteiger partial charge on any atom is -0.493 e. The zero-order valence-corrected chi connectivity index (χ0v) is 21.4. The smallest absolute Gasteiger partial charge is 0.231 e. The number of hydrogen-bond acceptors (Lipinski definition) is 6. The molecule has 36 heavy (non-hydrogen) atoms. The largest absolute Gasteiger partial charge is 0.493 e. The molecular formula is C28H29NO6S. The maximum atomic E-state index is 12.7. The highest BCUT2D eigenvalue weighted by atomic mass is 32.2. The van der Waals surface area contributed by atoms with E-state index >= 15 is 0 Å². The van der Waals surface area contributed by atoms with Gasteiger partial charge in [-0.25, -0.2) is 8.42 Å². The molecule has 188 valence electrons. The monoisotopic (exact) mass is 507 g/mol. The second kappa shape index (κ2) is 9.87. The zero-order chi connectivity index (χ0) is 25.3. The first kappa shape index (κ1) is 24.2. The van der Waals surface area contributed by atoms with E-state index in [1.165, 1.54) is 10.6 Å². The molecule has 7 nitrogen and oxygen atoms in total. The van der Waals surface area contributed by atoms with Crippen molar-refractivity contribution in [1.29, 1.82) is 0 Å². The second-order valence-electron chi connectivity index (χ2n) is 8.97. The Balaban J connectivity index is 1.50. The molecule has 2 aliphatic heterocycles. The minimum atomic E-state index is -3.45. The first-order chi connectivity index (χ1) is 17.3. The van der Waals surface area contributed by atoms with Crippen molar-refractivity contribution in [3.8, 4) is 23.0 Å². The molecule has 0 saturated heterocycles. The number of hydrogen-bond donors (Lipinski definition) is 0. The number of nitrogens with zero attached hydrogens (tertiary/aromatic N) is 1. The fourth-order valence-electron chi connectivity index (χ4n) is 4.65. The van der Waals surface area contributed by atoms with Gasteiger partial charge in [0, 0.05) is 6.54 Å². The van der Waals surface area contributed by atoms with Crippen LogP contribution in [0.3, 0.4) is 0 Å². The summed E-state index contributed by atoms with van der Waals surface area (Å²) in [4.78, 5) is 0. The average Bonchev–Trinajstić information content (AvgIpc) is 3.32. The van der Waals surface area contributed by atoms with Gasteiger partial charge >= 0.3 is 0 Å². The number of benzene rings is 3. The van der Waals surface area contributed by atoms with E-state index in [4.69, 9.17) is 18.9 Å². The lowest BCUT2D eigenvalue weighted by Gasteiger charge is -2.34. The summed E-state index contributed by atoms with van der Waals surface area (Å²) in [6.07, 6.45) is 5.70. The topological polar surface area (TPSA) is 74.3 Å².